The van der Waals surface area contributed by atoms with Crippen molar-refractivity contribution in [3.8, 4) is 5.75 Å². The van der Waals surface area contributed by atoms with Crippen molar-refractivity contribution in [1.29, 1.82) is 0 Å². The van der Waals surface area contributed by atoms with E-state index in [1.54, 1.807) is 23.9 Å². The first-order valence-electron chi connectivity index (χ1n) is 3.88. The Bertz CT molecular complexity index is 428. The highest BCUT2D eigenvalue weighted by molar-refractivity contribution is 7.89. The van der Waals surface area contributed by atoms with Crippen LogP contribution in [0.25, 0.3) is 0 Å². The molecular weight excluding hydrogens is 204 g/mol. The van der Waals surface area contributed by atoms with Gasteiger partial charge in [0.2, 0.25) is 0 Å². The zero-order valence-corrected chi connectivity index (χ0v) is 8.76. The first kappa shape index (κ1) is 11.0. The van der Waals surface area contributed by atoms with Crippen LogP contribution in [0.4, 0.5) is 0 Å². The van der Waals surface area contributed by atoms with Gasteiger partial charge < -0.3 is 4.74 Å². The number of aryl methyl sites for hydroxylation is 1. The second-order valence-electron chi connectivity index (χ2n) is 2.78. The predicted octanol–water partition coefficient (Wildman–Crippen LogP) is 0.156. The van der Waals surface area contributed by atoms with Crippen molar-refractivity contribution in [3.05, 3.63) is 23.8 Å². The van der Waals surface area contributed by atoms with Gasteiger partial charge in [-0.1, -0.05) is 6.07 Å². The van der Waals surface area contributed by atoms with Gasteiger partial charge in [0.05, 0.1) is 7.11 Å². The average molecular weight is 216 g/mol. The van der Waals surface area contributed by atoms with Gasteiger partial charge in [0.1, 0.15) is 10.6 Å². The zero-order valence-electron chi connectivity index (χ0n) is 7.94. The van der Waals surface area contributed by atoms with Crippen molar-refractivity contribution in [1.82, 2.24) is 4.83 Å². The van der Waals surface area contributed by atoms with E-state index in [0.29, 0.717) is 0 Å². The first-order valence-corrected chi connectivity index (χ1v) is 5.36. The summed E-state index contributed by atoms with van der Waals surface area (Å²) >= 11 is 0. The molecular formula is C8H12N2O3S. The lowest BCUT2D eigenvalue weighted by atomic mass is 10.2. The van der Waals surface area contributed by atoms with Gasteiger partial charge in [-0.15, -0.1) is 4.83 Å². The third-order valence-corrected chi connectivity index (χ3v) is 2.97. The molecule has 0 fully saturated rings. The van der Waals surface area contributed by atoms with E-state index in [-0.39, 0.29) is 10.6 Å². The fourth-order valence-corrected chi connectivity index (χ4v) is 1.94. The number of methoxy groups -OCH3 is 1. The normalized spacial score (nSPS) is 11.4. The summed E-state index contributed by atoms with van der Waals surface area (Å²) in [5.41, 5.74) is 0.819. The Hall–Kier alpha value is -1.11. The molecule has 1 aromatic rings. The summed E-state index contributed by atoms with van der Waals surface area (Å²) in [6.07, 6.45) is 0. The summed E-state index contributed by atoms with van der Waals surface area (Å²) < 4.78 is 27.7. The molecule has 0 saturated heterocycles. The lowest BCUT2D eigenvalue weighted by molar-refractivity contribution is 0.402. The third kappa shape index (κ3) is 2.03. The van der Waals surface area contributed by atoms with E-state index < -0.39 is 10.0 Å². The van der Waals surface area contributed by atoms with E-state index in [9.17, 15) is 8.42 Å². The number of nitrogens with one attached hydrogen (secondary N) is 1. The number of benzene rings is 1. The van der Waals surface area contributed by atoms with Crippen molar-refractivity contribution >= 4 is 10.0 Å². The Morgan fingerprint density at radius 3 is 2.57 bits per heavy atom. The van der Waals surface area contributed by atoms with Gasteiger partial charge in [0.15, 0.2) is 0 Å². The Labute approximate surface area is 82.9 Å². The van der Waals surface area contributed by atoms with Gasteiger partial charge in [-0.2, -0.15) is 0 Å². The number of sulfonamides is 1. The Morgan fingerprint density at radius 1 is 1.43 bits per heavy atom. The largest absolute Gasteiger partial charge is 0.495 e. The highest BCUT2D eigenvalue weighted by Crippen LogP contribution is 2.23. The summed E-state index contributed by atoms with van der Waals surface area (Å²) in [5, 5.41) is 0. The molecule has 0 aliphatic rings. The molecule has 0 aliphatic carbocycles. The number of rotatable bonds is 3. The molecule has 5 nitrogen and oxygen atoms in total. The predicted molar refractivity (Wildman–Crippen MR) is 52.2 cm³/mol. The van der Waals surface area contributed by atoms with Crippen LogP contribution in [-0.4, -0.2) is 15.5 Å². The smallest absolute Gasteiger partial charge is 0.256 e. The number of hydrazine groups is 1. The van der Waals surface area contributed by atoms with Crippen LogP contribution in [0.1, 0.15) is 5.56 Å². The van der Waals surface area contributed by atoms with E-state index in [1.165, 1.54) is 13.2 Å². The number of hydrogen-bond donors (Lipinski definition) is 2. The van der Waals surface area contributed by atoms with Gasteiger partial charge in [0.25, 0.3) is 10.0 Å². The molecule has 1 rings (SSSR count). The van der Waals surface area contributed by atoms with E-state index in [0.717, 1.165) is 5.56 Å². The number of hydrogen-bond acceptors (Lipinski definition) is 4. The second kappa shape index (κ2) is 3.95. The van der Waals surface area contributed by atoms with Crippen LogP contribution in [0.3, 0.4) is 0 Å². The molecule has 0 heterocycles. The fourth-order valence-electron chi connectivity index (χ4n) is 1.06. The summed E-state index contributed by atoms with van der Waals surface area (Å²) in [6, 6.07) is 4.84. The van der Waals surface area contributed by atoms with Crippen molar-refractivity contribution in [2.75, 3.05) is 7.11 Å². The van der Waals surface area contributed by atoms with Gasteiger partial charge in [0, 0.05) is 0 Å². The molecule has 0 spiro atoms. The summed E-state index contributed by atoms with van der Waals surface area (Å²) in [6.45, 7) is 1.79. The molecule has 0 aromatic heterocycles. The molecule has 0 aliphatic heterocycles. The van der Waals surface area contributed by atoms with Crippen LogP contribution in [0.15, 0.2) is 23.1 Å². The minimum Gasteiger partial charge on any atom is -0.495 e. The highest BCUT2D eigenvalue weighted by Gasteiger charge is 2.17. The van der Waals surface area contributed by atoms with Gasteiger partial charge in [-0.3, -0.25) is 5.84 Å². The molecule has 0 atom stereocenters. The molecule has 0 radical (unpaired) electrons. The topological polar surface area (TPSA) is 81.4 Å². The SMILES string of the molecule is COc1ccc(C)cc1S(=O)(=O)NN. The van der Waals surface area contributed by atoms with Crippen LogP contribution in [0, 0.1) is 6.92 Å². The summed E-state index contributed by atoms with van der Waals surface area (Å²) in [4.78, 5) is 1.80. The van der Waals surface area contributed by atoms with Gasteiger partial charge in [-0.25, -0.2) is 8.42 Å². The Balaban J connectivity index is 3.39. The van der Waals surface area contributed by atoms with Crippen LogP contribution >= 0.6 is 0 Å². The maximum Gasteiger partial charge on any atom is 0.256 e. The van der Waals surface area contributed by atoms with Crippen LogP contribution in [-0.2, 0) is 10.0 Å². The van der Waals surface area contributed by atoms with Crippen LogP contribution < -0.4 is 15.4 Å². The minimum absolute atomic E-state index is 0.0440. The standard InChI is InChI=1S/C8H12N2O3S/c1-6-3-4-7(13-2)8(5-6)14(11,12)10-9/h3-5,10H,9H2,1-2H3. The quantitative estimate of drug-likeness (QED) is 0.557. The van der Waals surface area contributed by atoms with E-state index >= 15 is 0 Å². The molecule has 14 heavy (non-hydrogen) atoms. The Kier molecular flexibility index (Phi) is 3.10. The van der Waals surface area contributed by atoms with Crippen molar-refractivity contribution in [3.63, 3.8) is 0 Å². The van der Waals surface area contributed by atoms with Crippen LogP contribution in [0.5, 0.6) is 5.75 Å². The summed E-state index contributed by atoms with van der Waals surface area (Å²) in [5.74, 6) is 5.19. The van der Waals surface area contributed by atoms with Gasteiger partial charge >= 0.3 is 0 Å². The monoisotopic (exact) mass is 216 g/mol. The third-order valence-electron chi connectivity index (χ3n) is 1.76. The minimum atomic E-state index is -3.66. The average Bonchev–Trinajstić information content (AvgIpc) is 2.18. The molecule has 3 N–H and O–H groups in total. The maximum atomic E-state index is 11.4. The molecule has 6 heteroatoms. The van der Waals surface area contributed by atoms with Crippen molar-refractivity contribution < 1.29 is 13.2 Å². The number of nitrogens with two attached hydrogens (primary N) is 1. The Morgan fingerprint density at radius 2 is 2.07 bits per heavy atom. The van der Waals surface area contributed by atoms with Gasteiger partial charge in [-0.05, 0) is 24.6 Å². The number of ether oxygens (including phenoxy) is 1. The van der Waals surface area contributed by atoms with E-state index in [4.69, 9.17) is 10.6 Å². The zero-order chi connectivity index (χ0) is 10.8. The van der Waals surface area contributed by atoms with Crippen molar-refractivity contribution in [2.24, 2.45) is 5.84 Å². The second-order valence-corrected chi connectivity index (χ2v) is 4.46. The molecule has 1 aromatic carbocycles. The fraction of sp³-hybridized carbons (Fsp3) is 0.250. The molecule has 78 valence electrons. The molecule has 0 bridgehead atoms. The lowest BCUT2D eigenvalue weighted by Gasteiger charge is -2.08. The van der Waals surface area contributed by atoms with Crippen molar-refractivity contribution in [2.45, 2.75) is 11.8 Å². The maximum absolute atomic E-state index is 11.4. The molecule has 0 amide bonds. The molecule has 0 unspecified atom stereocenters. The summed E-state index contributed by atoms with van der Waals surface area (Å²) in [7, 11) is -2.26. The van der Waals surface area contributed by atoms with Crippen LogP contribution in [0.2, 0.25) is 0 Å². The lowest BCUT2D eigenvalue weighted by Crippen LogP contribution is -2.30. The first-order chi connectivity index (χ1) is 6.51. The molecule has 0 saturated carbocycles. The highest BCUT2D eigenvalue weighted by atomic mass is 32.2. The van der Waals surface area contributed by atoms with E-state index in [1.807, 2.05) is 0 Å². The van der Waals surface area contributed by atoms with E-state index in [2.05, 4.69) is 0 Å².